The number of hydrogen-bond acceptors (Lipinski definition) is 3. The molecule has 0 aliphatic carbocycles. The Bertz CT molecular complexity index is 172. The van der Waals surface area contributed by atoms with Gasteiger partial charge in [0.15, 0.2) is 0 Å². The summed E-state index contributed by atoms with van der Waals surface area (Å²) < 4.78 is 5.18. The Labute approximate surface area is 111 Å². The standard InChI is InChI=1S/C14H28O2S/c1-3-5-6-7-8-9-12-16-14(15)11-10-13-17-4-2/h3-13H2,1-2H3. The molecule has 0 N–H and O–H groups in total. The zero-order valence-electron chi connectivity index (χ0n) is 11.5. The molecule has 0 atom stereocenters. The van der Waals surface area contributed by atoms with Crippen molar-refractivity contribution in [2.45, 2.75) is 65.2 Å². The van der Waals surface area contributed by atoms with Crippen molar-refractivity contribution in [1.29, 1.82) is 0 Å². The summed E-state index contributed by atoms with van der Waals surface area (Å²) >= 11 is 1.88. The molecule has 0 aromatic heterocycles. The highest BCUT2D eigenvalue weighted by Gasteiger charge is 2.01. The maximum atomic E-state index is 11.3. The predicted octanol–water partition coefficient (Wildman–Crippen LogP) is 4.42. The molecule has 3 heteroatoms. The fourth-order valence-electron chi connectivity index (χ4n) is 1.60. The van der Waals surface area contributed by atoms with E-state index in [4.69, 9.17) is 4.74 Å². The van der Waals surface area contributed by atoms with Crippen LogP contribution in [0.4, 0.5) is 0 Å². The van der Waals surface area contributed by atoms with E-state index >= 15 is 0 Å². The monoisotopic (exact) mass is 260 g/mol. The van der Waals surface area contributed by atoms with Gasteiger partial charge in [-0.05, 0) is 24.3 Å². The summed E-state index contributed by atoms with van der Waals surface area (Å²) in [5.74, 6) is 2.19. The Morgan fingerprint density at radius 1 is 1.00 bits per heavy atom. The first-order valence-electron chi connectivity index (χ1n) is 7.04. The van der Waals surface area contributed by atoms with E-state index in [2.05, 4.69) is 13.8 Å². The molecule has 0 rings (SSSR count). The number of hydrogen-bond donors (Lipinski definition) is 0. The molecule has 0 unspecified atom stereocenters. The van der Waals surface area contributed by atoms with Crippen LogP contribution in [0.1, 0.15) is 65.2 Å². The van der Waals surface area contributed by atoms with Gasteiger partial charge in [-0.15, -0.1) is 0 Å². The van der Waals surface area contributed by atoms with E-state index in [1.165, 1.54) is 32.1 Å². The van der Waals surface area contributed by atoms with E-state index in [0.717, 1.165) is 24.3 Å². The number of ether oxygens (including phenoxy) is 1. The Morgan fingerprint density at radius 2 is 1.71 bits per heavy atom. The van der Waals surface area contributed by atoms with Crippen LogP contribution < -0.4 is 0 Å². The minimum Gasteiger partial charge on any atom is -0.466 e. The molecular formula is C14H28O2S. The van der Waals surface area contributed by atoms with E-state index in [1.54, 1.807) is 0 Å². The van der Waals surface area contributed by atoms with Gasteiger partial charge in [-0.3, -0.25) is 4.79 Å². The van der Waals surface area contributed by atoms with Crippen LogP contribution in [-0.4, -0.2) is 24.1 Å². The molecule has 102 valence electrons. The van der Waals surface area contributed by atoms with Gasteiger partial charge in [0.05, 0.1) is 6.61 Å². The summed E-state index contributed by atoms with van der Waals surface area (Å²) in [6.45, 7) is 4.98. The van der Waals surface area contributed by atoms with Crippen LogP contribution >= 0.6 is 11.8 Å². The quantitative estimate of drug-likeness (QED) is 0.384. The van der Waals surface area contributed by atoms with E-state index < -0.39 is 0 Å². The molecule has 0 amide bonds. The zero-order chi connectivity index (χ0) is 12.8. The summed E-state index contributed by atoms with van der Waals surface area (Å²) in [4.78, 5) is 11.3. The molecule has 0 aromatic carbocycles. The molecule has 0 radical (unpaired) electrons. The minimum atomic E-state index is -0.0183. The maximum Gasteiger partial charge on any atom is 0.305 e. The Balaban J connectivity index is 3.11. The third kappa shape index (κ3) is 13.8. The highest BCUT2D eigenvalue weighted by molar-refractivity contribution is 7.99. The summed E-state index contributed by atoms with van der Waals surface area (Å²) in [5, 5.41) is 0. The van der Waals surface area contributed by atoms with E-state index in [9.17, 15) is 4.79 Å². The molecule has 17 heavy (non-hydrogen) atoms. The second kappa shape index (κ2) is 13.9. The number of rotatable bonds is 12. The van der Waals surface area contributed by atoms with Crippen molar-refractivity contribution in [2.75, 3.05) is 18.1 Å². The van der Waals surface area contributed by atoms with Crippen molar-refractivity contribution in [3.63, 3.8) is 0 Å². The highest BCUT2D eigenvalue weighted by atomic mass is 32.2. The van der Waals surface area contributed by atoms with Gasteiger partial charge in [0, 0.05) is 6.42 Å². The van der Waals surface area contributed by atoms with Crippen molar-refractivity contribution in [3.05, 3.63) is 0 Å². The third-order valence-electron chi connectivity index (χ3n) is 2.63. The van der Waals surface area contributed by atoms with Crippen molar-refractivity contribution >= 4 is 17.7 Å². The summed E-state index contributed by atoms with van der Waals surface area (Å²) in [6, 6.07) is 0. The van der Waals surface area contributed by atoms with Crippen molar-refractivity contribution in [3.8, 4) is 0 Å². The van der Waals surface area contributed by atoms with Crippen LogP contribution in [0, 0.1) is 0 Å². The molecule has 0 aliphatic heterocycles. The molecule has 0 aromatic rings. The van der Waals surface area contributed by atoms with E-state index in [-0.39, 0.29) is 5.97 Å². The van der Waals surface area contributed by atoms with Crippen molar-refractivity contribution in [2.24, 2.45) is 0 Å². The molecule has 0 saturated heterocycles. The summed E-state index contributed by atoms with van der Waals surface area (Å²) in [5.41, 5.74) is 0. The molecule has 0 aliphatic rings. The average Bonchev–Trinajstić information content (AvgIpc) is 2.33. The van der Waals surface area contributed by atoms with Crippen LogP contribution in [0.25, 0.3) is 0 Å². The van der Waals surface area contributed by atoms with Gasteiger partial charge in [0.2, 0.25) is 0 Å². The predicted molar refractivity (Wildman–Crippen MR) is 76.6 cm³/mol. The van der Waals surface area contributed by atoms with Crippen molar-refractivity contribution < 1.29 is 9.53 Å². The van der Waals surface area contributed by atoms with Gasteiger partial charge < -0.3 is 4.74 Å². The SMILES string of the molecule is CCCCCCCCOC(=O)CCCSCC. The van der Waals surface area contributed by atoms with Crippen LogP contribution in [-0.2, 0) is 9.53 Å². The van der Waals surface area contributed by atoms with Crippen LogP contribution in [0.15, 0.2) is 0 Å². The first kappa shape index (κ1) is 16.8. The Kier molecular flexibility index (Phi) is 13.7. The first-order valence-corrected chi connectivity index (χ1v) is 8.20. The number of carbonyl (C=O) groups is 1. The molecule has 0 heterocycles. The Hall–Kier alpha value is -0.180. The summed E-state index contributed by atoms with van der Waals surface area (Å²) in [6.07, 6.45) is 8.96. The lowest BCUT2D eigenvalue weighted by Crippen LogP contribution is -2.06. The van der Waals surface area contributed by atoms with Gasteiger partial charge in [0.25, 0.3) is 0 Å². The van der Waals surface area contributed by atoms with E-state index in [0.29, 0.717) is 13.0 Å². The first-order chi connectivity index (χ1) is 8.31. The van der Waals surface area contributed by atoms with Gasteiger partial charge in [-0.2, -0.15) is 11.8 Å². The zero-order valence-corrected chi connectivity index (χ0v) is 12.3. The fraction of sp³-hybridized carbons (Fsp3) is 0.929. The summed E-state index contributed by atoms with van der Waals surface area (Å²) in [7, 11) is 0. The highest BCUT2D eigenvalue weighted by Crippen LogP contribution is 2.06. The number of thioether (sulfide) groups is 1. The van der Waals surface area contributed by atoms with Gasteiger partial charge in [-0.25, -0.2) is 0 Å². The lowest BCUT2D eigenvalue weighted by molar-refractivity contribution is -0.143. The average molecular weight is 260 g/mol. The van der Waals surface area contributed by atoms with Crippen molar-refractivity contribution in [1.82, 2.24) is 0 Å². The maximum absolute atomic E-state index is 11.3. The van der Waals surface area contributed by atoms with Gasteiger partial charge in [-0.1, -0.05) is 46.0 Å². The fourth-order valence-corrected chi connectivity index (χ4v) is 2.24. The van der Waals surface area contributed by atoms with Crippen LogP contribution in [0.2, 0.25) is 0 Å². The lowest BCUT2D eigenvalue weighted by atomic mass is 10.1. The number of carbonyl (C=O) groups excluding carboxylic acids is 1. The minimum absolute atomic E-state index is 0.0183. The van der Waals surface area contributed by atoms with Gasteiger partial charge in [0.1, 0.15) is 0 Å². The number of esters is 1. The second-order valence-corrected chi connectivity index (χ2v) is 5.68. The smallest absolute Gasteiger partial charge is 0.305 e. The van der Waals surface area contributed by atoms with E-state index in [1.807, 2.05) is 11.8 Å². The largest absolute Gasteiger partial charge is 0.466 e. The molecule has 2 nitrogen and oxygen atoms in total. The number of unbranched alkanes of at least 4 members (excludes halogenated alkanes) is 5. The third-order valence-corrected chi connectivity index (χ3v) is 3.62. The molecule has 0 spiro atoms. The topological polar surface area (TPSA) is 26.3 Å². The van der Waals surface area contributed by atoms with Crippen LogP contribution in [0.3, 0.4) is 0 Å². The van der Waals surface area contributed by atoms with Crippen LogP contribution in [0.5, 0.6) is 0 Å². The molecular weight excluding hydrogens is 232 g/mol. The Morgan fingerprint density at radius 3 is 2.41 bits per heavy atom. The molecule has 0 fully saturated rings. The second-order valence-electron chi connectivity index (χ2n) is 4.29. The molecule has 0 bridgehead atoms. The lowest BCUT2D eigenvalue weighted by Gasteiger charge is -2.04. The van der Waals surface area contributed by atoms with Gasteiger partial charge >= 0.3 is 5.97 Å². The molecule has 0 saturated carbocycles. The normalized spacial score (nSPS) is 10.5.